The van der Waals surface area contributed by atoms with E-state index >= 15 is 0 Å². The van der Waals surface area contributed by atoms with E-state index in [1.54, 1.807) is 6.07 Å². The number of alkyl halides is 1. The van der Waals surface area contributed by atoms with Gasteiger partial charge < -0.3 is 9.90 Å². The highest BCUT2D eigenvalue weighted by atomic mass is 19.1. The van der Waals surface area contributed by atoms with E-state index in [-0.39, 0.29) is 11.1 Å². The maximum absolute atomic E-state index is 12.1. The molecule has 0 fully saturated rings. The lowest BCUT2D eigenvalue weighted by Gasteiger charge is -2.05. The molecule has 0 saturated carbocycles. The van der Waals surface area contributed by atoms with Gasteiger partial charge in [-0.15, -0.1) is 0 Å². The summed E-state index contributed by atoms with van der Waals surface area (Å²) in [6, 6.07) is 5.86. The molecule has 2 nitrogen and oxygen atoms in total. The van der Waals surface area contributed by atoms with E-state index in [1.165, 1.54) is 18.2 Å². The van der Waals surface area contributed by atoms with Crippen molar-refractivity contribution in [3.63, 3.8) is 0 Å². The van der Waals surface area contributed by atoms with Crippen LogP contribution in [0.2, 0.25) is 0 Å². The van der Waals surface area contributed by atoms with Crippen LogP contribution in [-0.2, 0) is 6.67 Å². The number of halogens is 1. The monoisotopic (exact) mass is 153 g/mol. The summed E-state index contributed by atoms with van der Waals surface area (Å²) < 4.78 is 12.1. The topological polar surface area (TPSA) is 40.1 Å². The summed E-state index contributed by atoms with van der Waals surface area (Å²) >= 11 is 0. The molecule has 1 rings (SSSR count). The minimum Gasteiger partial charge on any atom is -0.545 e. The number of hydrogen-bond acceptors (Lipinski definition) is 2. The molecule has 0 radical (unpaired) electrons. The number of carboxylic acids is 1. The highest BCUT2D eigenvalue weighted by Gasteiger charge is 1.99. The molecule has 0 aliphatic heterocycles. The molecular formula is C8H6FO2-. The van der Waals surface area contributed by atoms with Crippen molar-refractivity contribution in [3.05, 3.63) is 35.4 Å². The van der Waals surface area contributed by atoms with E-state index in [9.17, 15) is 14.3 Å². The number of hydrogen-bond donors (Lipinski definition) is 0. The molecule has 0 saturated heterocycles. The van der Waals surface area contributed by atoms with Gasteiger partial charge in [0.1, 0.15) is 6.67 Å². The zero-order valence-corrected chi connectivity index (χ0v) is 5.71. The van der Waals surface area contributed by atoms with Crippen LogP contribution < -0.4 is 5.11 Å². The fourth-order valence-corrected chi connectivity index (χ4v) is 0.836. The Morgan fingerprint density at radius 1 is 1.45 bits per heavy atom. The minimum absolute atomic E-state index is 0.0741. The van der Waals surface area contributed by atoms with Crippen LogP contribution in [-0.4, -0.2) is 5.97 Å². The number of carboxylic acid groups (broad SMARTS) is 1. The average Bonchev–Trinajstić information content (AvgIpc) is 2.04. The largest absolute Gasteiger partial charge is 0.545 e. The first-order valence-corrected chi connectivity index (χ1v) is 3.11. The molecule has 58 valence electrons. The van der Waals surface area contributed by atoms with Gasteiger partial charge in [0.05, 0.1) is 5.97 Å². The van der Waals surface area contributed by atoms with Crippen LogP contribution in [0.15, 0.2) is 24.3 Å². The van der Waals surface area contributed by atoms with Crippen molar-refractivity contribution in [3.8, 4) is 0 Å². The van der Waals surface area contributed by atoms with Crippen molar-refractivity contribution in [2.24, 2.45) is 0 Å². The van der Waals surface area contributed by atoms with Gasteiger partial charge in [0.2, 0.25) is 0 Å². The number of rotatable bonds is 2. The predicted octanol–water partition coefficient (Wildman–Crippen LogP) is 0.520. The third kappa shape index (κ3) is 1.55. The zero-order valence-electron chi connectivity index (χ0n) is 5.71. The van der Waals surface area contributed by atoms with Crippen molar-refractivity contribution in [2.75, 3.05) is 0 Å². The molecule has 3 heteroatoms. The van der Waals surface area contributed by atoms with Crippen molar-refractivity contribution in [1.29, 1.82) is 0 Å². The summed E-state index contributed by atoms with van der Waals surface area (Å²) in [5.41, 5.74) is 0.0856. The molecule has 0 spiro atoms. The van der Waals surface area contributed by atoms with Gasteiger partial charge in [-0.3, -0.25) is 0 Å². The van der Waals surface area contributed by atoms with Crippen molar-refractivity contribution in [1.82, 2.24) is 0 Å². The Labute approximate surface area is 63.3 Å². The molecule has 0 atom stereocenters. The Balaban J connectivity index is 3.12. The molecule has 0 aliphatic carbocycles. The van der Waals surface area contributed by atoms with Crippen LogP contribution in [0.4, 0.5) is 4.39 Å². The highest BCUT2D eigenvalue weighted by Crippen LogP contribution is 2.08. The van der Waals surface area contributed by atoms with E-state index < -0.39 is 12.6 Å². The van der Waals surface area contributed by atoms with Crippen molar-refractivity contribution < 1.29 is 14.3 Å². The second-order valence-electron chi connectivity index (χ2n) is 2.08. The summed E-state index contributed by atoms with van der Waals surface area (Å²) in [5.74, 6) is -1.33. The summed E-state index contributed by atoms with van der Waals surface area (Å²) in [5, 5.41) is 10.3. The standard InChI is InChI=1S/C8H7FO2/c9-5-6-3-1-2-4-7(6)8(10)11/h1-4H,5H2,(H,10,11)/p-1. The van der Waals surface area contributed by atoms with E-state index in [0.29, 0.717) is 0 Å². The maximum Gasteiger partial charge on any atom is 0.115 e. The smallest absolute Gasteiger partial charge is 0.115 e. The van der Waals surface area contributed by atoms with Crippen LogP contribution in [0, 0.1) is 0 Å². The Hall–Kier alpha value is -1.38. The van der Waals surface area contributed by atoms with Crippen LogP contribution in [0.1, 0.15) is 15.9 Å². The van der Waals surface area contributed by atoms with Crippen molar-refractivity contribution in [2.45, 2.75) is 6.67 Å². The van der Waals surface area contributed by atoms with Crippen molar-refractivity contribution >= 4 is 5.97 Å². The van der Waals surface area contributed by atoms with E-state index in [0.717, 1.165) is 0 Å². The Morgan fingerprint density at radius 3 is 2.55 bits per heavy atom. The first kappa shape index (κ1) is 7.72. The number of carbonyl (C=O) groups is 1. The normalized spacial score (nSPS) is 9.55. The molecule has 0 aromatic heterocycles. The third-order valence-corrected chi connectivity index (χ3v) is 1.38. The van der Waals surface area contributed by atoms with Gasteiger partial charge in [-0.2, -0.15) is 0 Å². The van der Waals surface area contributed by atoms with Gasteiger partial charge in [-0.25, -0.2) is 4.39 Å². The molecule has 1 aromatic carbocycles. The summed E-state index contributed by atoms with van der Waals surface area (Å²) in [4.78, 5) is 10.3. The number of benzene rings is 1. The van der Waals surface area contributed by atoms with Crippen LogP contribution in [0.25, 0.3) is 0 Å². The average molecular weight is 153 g/mol. The maximum atomic E-state index is 12.1. The molecule has 1 aromatic rings. The van der Waals surface area contributed by atoms with Gasteiger partial charge in [0.15, 0.2) is 0 Å². The number of aromatic carboxylic acids is 1. The van der Waals surface area contributed by atoms with Gasteiger partial charge in [0.25, 0.3) is 0 Å². The molecule has 0 heterocycles. The first-order valence-electron chi connectivity index (χ1n) is 3.11. The van der Waals surface area contributed by atoms with Gasteiger partial charge in [-0.05, 0) is 5.56 Å². The fraction of sp³-hybridized carbons (Fsp3) is 0.125. The summed E-state index contributed by atoms with van der Waals surface area (Å²) in [6.07, 6.45) is 0. The Kier molecular flexibility index (Phi) is 2.21. The third-order valence-electron chi connectivity index (χ3n) is 1.38. The van der Waals surface area contributed by atoms with Gasteiger partial charge in [-0.1, -0.05) is 24.3 Å². The molecule has 0 N–H and O–H groups in total. The zero-order chi connectivity index (χ0) is 8.27. The second-order valence-corrected chi connectivity index (χ2v) is 2.08. The fourth-order valence-electron chi connectivity index (χ4n) is 0.836. The molecule has 0 bridgehead atoms. The van der Waals surface area contributed by atoms with E-state index in [1.807, 2.05) is 0 Å². The van der Waals surface area contributed by atoms with Crippen LogP contribution in [0.5, 0.6) is 0 Å². The quantitative estimate of drug-likeness (QED) is 0.621. The van der Waals surface area contributed by atoms with Gasteiger partial charge in [0, 0.05) is 5.56 Å². The lowest BCUT2D eigenvalue weighted by Crippen LogP contribution is -2.23. The number of carbonyl (C=O) groups excluding carboxylic acids is 1. The molecule has 0 unspecified atom stereocenters. The van der Waals surface area contributed by atoms with Crippen LogP contribution >= 0.6 is 0 Å². The highest BCUT2D eigenvalue weighted by molar-refractivity contribution is 5.87. The van der Waals surface area contributed by atoms with E-state index in [4.69, 9.17) is 0 Å². The second kappa shape index (κ2) is 3.14. The van der Waals surface area contributed by atoms with E-state index in [2.05, 4.69) is 0 Å². The first-order chi connectivity index (χ1) is 5.25. The molecule has 0 amide bonds. The summed E-state index contributed by atoms with van der Waals surface area (Å²) in [7, 11) is 0. The molecule has 11 heavy (non-hydrogen) atoms. The lowest BCUT2D eigenvalue weighted by molar-refractivity contribution is -0.255. The van der Waals surface area contributed by atoms with Gasteiger partial charge >= 0.3 is 0 Å². The SMILES string of the molecule is O=C([O-])c1ccccc1CF. The van der Waals surface area contributed by atoms with Crippen LogP contribution in [0.3, 0.4) is 0 Å². The Bertz CT molecular complexity index is 271. The summed E-state index contributed by atoms with van der Waals surface area (Å²) in [6.45, 7) is -0.774. The Morgan fingerprint density at radius 2 is 2.09 bits per heavy atom. The predicted molar refractivity (Wildman–Crippen MR) is 35.6 cm³/mol. The molecular weight excluding hydrogens is 147 g/mol. The lowest BCUT2D eigenvalue weighted by atomic mass is 10.1. The molecule has 0 aliphatic rings. The minimum atomic E-state index is -1.33.